The summed E-state index contributed by atoms with van der Waals surface area (Å²) in [5.41, 5.74) is 0. The number of sulfonamides is 1. The fourth-order valence-corrected chi connectivity index (χ4v) is 6.47. The molecule has 6 nitrogen and oxygen atoms in total. The SMILES string of the molecule is O=C(NCCOc1cccc2ccccc12)c1sccc1S(=O)(=O)N1CCCCC1. The molecule has 0 unspecified atom stereocenters. The summed E-state index contributed by atoms with van der Waals surface area (Å²) in [6.45, 7) is 1.60. The number of rotatable bonds is 7. The molecule has 2 heterocycles. The van der Waals surface area contributed by atoms with Crippen molar-refractivity contribution in [2.24, 2.45) is 0 Å². The van der Waals surface area contributed by atoms with Gasteiger partial charge in [0.15, 0.2) is 0 Å². The smallest absolute Gasteiger partial charge is 0.262 e. The lowest BCUT2D eigenvalue weighted by Crippen LogP contribution is -2.36. The van der Waals surface area contributed by atoms with E-state index >= 15 is 0 Å². The highest BCUT2D eigenvalue weighted by Gasteiger charge is 2.30. The number of amides is 1. The van der Waals surface area contributed by atoms with Gasteiger partial charge in [0.2, 0.25) is 10.0 Å². The van der Waals surface area contributed by atoms with E-state index in [1.54, 1.807) is 5.38 Å². The maximum atomic E-state index is 12.9. The molecule has 2 aromatic carbocycles. The van der Waals surface area contributed by atoms with Crippen molar-refractivity contribution >= 4 is 38.0 Å². The summed E-state index contributed by atoms with van der Waals surface area (Å²) >= 11 is 1.15. The van der Waals surface area contributed by atoms with E-state index in [1.807, 2.05) is 42.5 Å². The first-order chi connectivity index (χ1) is 14.6. The first-order valence-corrected chi connectivity index (χ1v) is 12.4. The number of nitrogens with zero attached hydrogens (tertiary/aromatic N) is 1. The van der Waals surface area contributed by atoms with Crippen molar-refractivity contribution in [3.8, 4) is 5.75 Å². The van der Waals surface area contributed by atoms with Crippen LogP contribution in [0.5, 0.6) is 5.75 Å². The van der Waals surface area contributed by atoms with Gasteiger partial charge in [-0.05, 0) is 35.7 Å². The first-order valence-electron chi connectivity index (χ1n) is 10.0. The summed E-state index contributed by atoms with van der Waals surface area (Å²) in [6, 6.07) is 15.3. The van der Waals surface area contributed by atoms with E-state index in [4.69, 9.17) is 4.74 Å². The molecule has 1 aromatic heterocycles. The Morgan fingerprint density at radius 2 is 1.80 bits per heavy atom. The molecule has 8 heteroatoms. The molecule has 3 aromatic rings. The minimum absolute atomic E-state index is 0.0990. The number of piperidine rings is 1. The number of thiophene rings is 1. The van der Waals surface area contributed by atoms with Gasteiger partial charge in [-0.2, -0.15) is 4.31 Å². The number of benzene rings is 2. The Labute approximate surface area is 180 Å². The van der Waals surface area contributed by atoms with E-state index in [0.29, 0.717) is 19.7 Å². The molecule has 0 atom stereocenters. The van der Waals surface area contributed by atoms with Crippen LogP contribution in [0, 0.1) is 0 Å². The van der Waals surface area contributed by atoms with Gasteiger partial charge < -0.3 is 10.1 Å². The van der Waals surface area contributed by atoms with Crippen molar-refractivity contribution < 1.29 is 17.9 Å². The molecule has 0 saturated carbocycles. The first kappa shape index (κ1) is 20.8. The van der Waals surface area contributed by atoms with Crippen molar-refractivity contribution in [3.63, 3.8) is 0 Å². The van der Waals surface area contributed by atoms with Crippen LogP contribution in [0.15, 0.2) is 58.8 Å². The van der Waals surface area contributed by atoms with Crippen molar-refractivity contribution in [1.82, 2.24) is 9.62 Å². The third-order valence-electron chi connectivity index (χ3n) is 5.16. The van der Waals surface area contributed by atoms with E-state index in [9.17, 15) is 13.2 Å². The van der Waals surface area contributed by atoms with Gasteiger partial charge >= 0.3 is 0 Å². The Balaban J connectivity index is 1.38. The standard InChI is InChI=1S/C22H24N2O4S2/c25-22(21-20(11-16-29-21)30(26,27)24-13-4-1-5-14-24)23-12-15-28-19-10-6-8-17-7-2-3-9-18(17)19/h2-3,6-11,16H,1,4-5,12-15H2,(H,23,25). The minimum Gasteiger partial charge on any atom is -0.491 e. The molecule has 0 spiro atoms. The van der Waals surface area contributed by atoms with E-state index in [0.717, 1.165) is 47.1 Å². The van der Waals surface area contributed by atoms with Crippen LogP contribution in [-0.4, -0.2) is 44.9 Å². The van der Waals surface area contributed by atoms with Crippen LogP contribution in [0.2, 0.25) is 0 Å². The van der Waals surface area contributed by atoms with Gasteiger partial charge in [0.05, 0.1) is 6.54 Å². The van der Waals surface area contributed by atoms with Crippen molar-refractivity contribution in [2.75, 3.05) is 26.2 Å². The van der Waals surface area contributed by atoms with Gasteiger partial charge in [-0.1, -0.05) is 42.8 Å². The topological polar surface area (TPSA) is 75.7 Å². The summed E-state index contributed by atoms with van der Waals surface area (Å²) < 4.78 is 33.2. The molecular formula is C22H24N2O4S2. The monoisotopic (exact) mass is 444 g/mol. The molecule has 1 fully saturated rings. The predicted octanol–water partition coefficient (Wildman–Crippen LogP) is 3.88. The molecule has 0 radical (unpaired) electrons. The molecule has 1 aliphatic heterocycles. The molecule has 4 rings (SSSR count). The van der Waals surface area contributed by atoms with Crippen molar-refractivity contribution in [2.45, 2.75) is 24.2 Å². The molecule has 1 N–H and O–H groups in total. The van der Waals surface area contributed by atoms with Gasteiger partial charge in [-0.3, -0.25) is 4.79 Å². The van der Waals surface area contributed by atoms with Gasteiger partial charge in [0, 0.05) is 18.5 Å². The number of ether oxygens (including phenoxy) is 1. The number of hydrogen-bond donors (Lipinski definition) is 1. The lowest BCUT2D eigenvalue weighted by molar-refractivity contribution is 0.0948. The van der Waals surface area contributed by atoms with E-state index in [-0.39, 0.29) is 22.2 Å². The molecule has 0 bridgehead atoms. The quantitative estimate of drug-likeness (QED) is 0.561. The number of nitrogens with one attached hydrogen (secondary N) is 1. The third-order valence-corrected chi connectivity index (χ3v) is 8.15. The van der Waals surface area contributed by atoms with Gasteiger partial charge in [-0.15, -0.1) is 11.3 Å². The fraction of sp³-hybridized carbons (Fsp3) is 0.318. The second kappa shape index (κ2) is 9.16. The largest absolute Gasteiger partial charge is 0.491 e. The van der Waals surface area contributed by atoms with Gasteiger partial charge in [0.1, 0.15) is 22.1 Å². The summed E-state index contributed by atoms with van der Waals surface area (Å²) in [4.78, 5) is 13.0. The number of carbonyl (C=O) groups excluding carboxylic acids is 1. The van der Waals surface area contributed by atoms with Crippen LogP contribution in [0.3, 0.4) is 0 Å². The number of hydrogen-bond acceptors (Lipinski definition) is 5. The Hall–Kier alpha value is -2.42. The van der Waals surface area contributed by atoms with E-state index in [2.05, 4.69) is 5.32 Å². The predicted molar refractivity (Wildman–Crippen MR) is 119 cm³/mol. The molecule has 30 heavy (non-hydrogen) atoms. The second-order valence-electron chi connectivity index (χ2n) is 7.16. The van der Waals surface area contributed by atoms with Crippen LogP contribution in [0.1, 0.15) is 28.9 Å². The molecule has 1 aliphatic rings. The minimum atomic E-state index is -3.64. The molecule has 1 saturated heterocycles. The lowest BCUT2D eigenvalue weighted by atomic mass is 10.1. The van der Waals surface area contributed by atoms with Crippen LogP contribution in [-0.2, 0) is 10.0 Å². The Kier molecular flexibility index (Phi) is 6.36. The van der Waals surface area contributed by atoms with Gasteiger partial charge in [-0.25, -0.2) is 8.42 Å². The number of fused-ring (bicyclic) bond motifs is 1. The van der Waals surface area contributed by atoms with Gasteiger partial charge in [0.25, 0.3) is 5.91 Å². The van der Waals surface area contributed by atoms with E-state index < -0.39 is 10.0 Å². The van der Waals surface area contributed by atoms with Crippen molar-refractivity contribution in [1.29, 1.82) is 0 Å². The summed E-state index contributed by atoms with van der Waals surface area (Å²) in [5, 5.41) is 6.54. The molecule has 1 amide bonds. The summed E-state index contributed by atoms with van der Waals surface area (Å²) in [5.74, 6) is 0.369. The maximum absolute atomic E-state index is 12.9. The number of carbonyl (C=O) groups is 1. The van der Waals surface area contributed by atoms with E-state index in [1.165, 1.54) is 10.4 Å². The Morgan fingerprint density at radius 1 is 1.03 bits per heavy atom. The highest BCUT2D eigenvalue weighted by atomic mass is 32.2. The highest BCUT2D eigenvalue weighted by molar-refractivity contribution is 7.89. The average molecular weight is 445 g/mol. The second-order valence-corrected chi connectivity index (χ2v) is 9.98. The Morgan fingerprint density at radius 3 is 2.63 bits per heavy atom. The normalized spacial score (nSPS) is 15.2. The average Bonchev–Trinajstić information content (AvgIpc) is 3.28. The zero-order valence-electron chi connectivity index (χ0n) is 16.5. The lowest BCUT2D eigenvalue weighted by Gasteiger charge is -2.25. The van der Waals surface area contributed by atoms with Crippen LogP contribution < -0.4 is 10.1 Å². The maximum Gasteiger partial charge on any atom is 0.262 e. The summed E-state index contributed by atoms with van der Waals surface area (Å²) in [7, 11) is -3.64. The molecule has 158 valence electrons. The zero-order valence-corrected chi connectivity index (χ0v) is 18.2. The highest BCUT2D eigenvalue weighted by Crippen LogP contribution is 2.27. The van der Waals surface area contributed by atoms with Crippen molar-refractivity contribution in [3.05, 3.63) is 58.8 Å². The molecular weight excluding hydrogens is 420 g/mol. The Bertz CT molecular complexity index is 1130. The zero-order chi connectivity index (χ0) is 21.0. The van der Waals surface area contributed by atoms with Crippen LogP contribution in [0.25, 0.3) is 10.8 Å². The third kappa shape index (κ3) is 4.35. The fourth-order valence-electron chi connectivity index (χ4n) is 3.64. The summed E-state index contributed by atoms with van der Waals surface area (Å²) in [6.07, 6.45) is 2.76. The molecule has 0 aliphatic carbocycles. The van der Waals surface area contributed by atoms with Crippen LogP contribution >= 0.6 is 11.3 Å². The van der Waals surface area contributed by atoms with Crippen LogP contribution in [0.4, 0.5) is 0 Å².